The first-order valence-electron chi connectivity index (χ1n) is 7.66. The number of carbonyl (C=O) groups excluding carboxylic acids is 1. The molecule has 0 saturated heterocycles. The summed E-state index contributed by atoms with van der Waals surface area (Å²) in [5, 5.41) is 14.9. The standard InChI is InChI=1S/C16H21ClN2O5/c1-23-13-8-12(14(24-2)7-11(13)17)19-16(22)18-10-5-3-9(4-6-10)15(20)21/h7-10H,3-6H2,1-2H3,(H,20,21)(H2,18,19,22). The van der Waals surface area contributed by atoms with Crippen molar-refractivity contribution < 1.29 is 24.2 Å². The summed E-state index contributed by atoms with van der Waals surface area (Å²) < 4.78 is 10.3. The molecule has 0 heterocycles. The van der Waals surface area contributed by atoms with Crippen molar-refractivity contribution in [2.75, 3.05) is 19.5 Å². The van der Waals surface area contributed by atoms with E-state index < -0.39 is 5.97 Å². The second kappa shape index (κ2) is 8.10. The number of carboxylic acid groups (broad SMARTS) is 1. The van der Waals surface area contributed by atoms with E-state index in [9.17, 15) is 9.59 Å². The number of urea groups is 1. The molecule has 0 aromatic heterocycles. The van der Waals surface area contributed by atoms with Crippen LogP contribution in [0.3, 0.4) is 0 Å². The van der Waals surface area contributed by atoms with Crippen LogP contribution in [0.15, 0.2) is 12.1 Å². The third-order valence-electron chi connectivity index (χ3n) is 4.13. The highest BCUT2D eigenvalue weighted by atomic mass is 35.5. The first-order valence-corrected chi connectivity index (χ1v) is 8.04. The monoisotopic (exact) mass is 356 g/mol. The van der Waals surface area contributed by atoms with E-state index in [-0.39, 0.29) is 18.0 Å². The Morgan fingerprint density at radius 2 is 1.75 bits per heavy atom. The van der Waals surface area contributed by atoms with Crippen molar-refractivity contribution in [1.29, 1.82) is 0 Å². The molecule has 3 N–H and O–H groups in total. The predicted molar refractivity (Wildman–Crippen MR) is 90.1 cm³/mol. The van der Waals surface area contributed by atoms with E-state index in [0.29, 0.717) is 47.9 Å². The smallest absolute Gasteiger partial charge is 0.319 e. The van der Waals surface area contributed by atoms with Crippen LogP contribution >= 0.6 is 11.6 Å². The number of nitrogens with one attached hydrogen (secondary N) is 2. The topological polar surface area (TPSA) is 96.9 Å². The summed E-state index contributed by atoms with van der Waals surface area (Å²) in [5.74, 6) is -0.233. The number of aliphatic carboxylic acids is 1. The number of hydrogen-bond acceptors (Lipinski definition) is 4. The van der Waals surface area contributed by atoms with Crippen molar-refractivity contribution in [3.8, 4) is 11.5 Å². The highest BCUT2D eigenvalue weighted by Crippen LogP contribution is 2.35. The Balaban J connectivity index is 1.96. The fourth-order valence-corrected chi connectivity index (χ4v) is 3.02. The molecule has 24 heavy (non-hydrogen) atoms. The summed E-state index contributed by atoms with van der Waals surface area (Å²) in [5.41, 5.74) is 0.440. The van der Waals surface area contributed by atoms with E-state index >= 15 is 0 Å². The molecule has 7 nitrogen and oxygen atoms in total. The van der Waals surface area contributed by atoms with Gasteiger partial charge in [-0.05, 0) is 25.7 Å². The molecule has 1 saturated carbocycles. The van der Waals surface area contributed by atoms with Crippen LogP contribution in [0.4, 0.5) is 10.5 Å². The van der Waals surface area contributed by atoms with E-state index in [1.165, 1.54) is 14.2 Å². The lowest BCUT2D eigenvalue weighted by molar-refractivity contribution is -0.142. The lowest BCUT2D eigenvalue weighted by Crippen LogP contribution is -2.41. The third-order valence-corrected chi connectivity index (χ3v) is 4.43. The maximum atomic E-state index is 12.2. The highest BCUT2D eigenvalue weighted by molar-refractivity contribution is 6.32. The first kappa shape index (κ1) is 18.2. The van der Waals surface area contributed by atoms with E-state index in [1.54, 1.807) is 12.1 Å². The molecule has 0 unspecified atom stereocenters. The third kappa shape index (κ3) is 4.44. The molecule has 1 aromatic carbocycles. The Morgan fingerprint density at radius 1 is 1.12 bits per heavy atom. The first-order chi connectivity index (χ1) is 11.4. The molecular formula is C16H21ClN2O5. The van der Waals surface area contributed by atoms with Gasteiger partial charge in [-0.15, -0.1) is 0 Å². The molecule has 0 atom stereocenters. The largest absolute Gasteiger partial charge is 0.495 e. The van der Waals surface area contributed by atoms with Gasteiger partial charge in [0.05, 0.1) is 30.8 Å². The summed E-state index contributed by atoms with van der Waals surface area (Å²) in [6.07, 6.45) is 2.42. The zero-order valence-corrected chi connectivity index (χ0v) is 14.4. The molecule has 2 amide bonds. The molecule has 1 aliphatic rings. The van der Waals surface area contributed by atoms with Crippen molar-refractivity contribution in [2.45, 2.75) is 31.7 Å². The summed E-state index contributed by atoms with van der Waals surface area (Å²) >= 11 is 6.03. The Morgan fingerprint density at radius 3 is 2.29 bits per heavy atom. The number of benzene rings is 1. The summed E-state index contributed by atoms with van der Waals surface area (Å²) in [6, 6.07) is 2.73. The maximum absolute atomic E-state index is 12.2. The number of methoxy groups -OCH3 is 2. The molecule has 1 fully saturated rings. The molecule has 1 aromatic rings. The van der Waals surface area contributed by atoms with Gasteiger partial charge in [-0.25, -0.2) is 4.79 Å². The Kier molecular flexibility index (Phi) is 6.14. The van der Waals surface area contributed by atoms with Gasteiger partial charge in [0, 0.05) is 18.2 Å². The van der Waals surface area contributed by atoms with Gasteiger partial charge in [-0.3, -0.25) is 4.79 Å². The zero-order chi connectivity index (χ0) is 17.7. The number of hydrogen-bond donors (Lipinski definition) is 3. The normalized spacial score (nSPS) is 20.1. The number of rotatable bonds is 5. The summed E-state index contributed by atoms with van der Waals surface area (Å²) in [4.78, 5) is 23.1. The molecule has 132 valence electrons. The Bertz CT molecular complexity index is 615. The Hall–Kier alpha value is -2.15. The van der Waals surface area contributed by atoms with Crippen molar-refractivity contribution in [3.63, 3.8) is 0 Å². The van der Waals surface area contributed by atoms with E-state index in [2.05, 4.69) is 10.6 Å². The minimum absolute atomic E-state index is 0.0409. The van der Waals surface area contributed by atoms with Gasteiger partial charge in [0.25, 0.3) is 0 Å². The molecule has 0 radical (unpaired) electrons. The minimum Gasteiger partial charge on any atom is -0.495 e. The fourth-order valence-electron chi connectivity index (χ4n) is 2.79. The van der Waals surface area contributed by atoms with Gasteiger partial charge in [0.15, 0.2) is 0 Å². The average Bonchev–Trinajstić information content (AvgIpc) is 2.56. The quantitative estimate of drug-likeness (QED) is 0.753. The maximum Gasteiger partial charge on any atom is 0.319 e. The van der Waals surface area contributed by atoms with Crippen molar-refractivity contribution in [1.82, 2.24) is 5.32 Å². The lowest BCUT2D eigenvalue weighted by Gasteiger charge is -2.27. The van der Waals surface area contributed by atoms with Gasteiger partial charge in [-0.2, -0.15) is 0 Å². The molecule has 0 spiro atoms. The molecule has 0 aliphatic heterocycles. The van der Waals surface area contributed by atoms with E-state index in [4.69, 9.17) is 26.2 Å². The number of amides is 2. The van der Waals surface area contributed by atoms with Crippen LogP contribution in [0.2, 0.25) is 5.02 Å². The van der Waals surface area contributed by atoms with Crippen LogP contribution in [-0.4, -0.2) is 37.4 Å². The van der Waals surface area contributed by atoms with Gasteiger partial charge in [-0.1, -0.05) is 11.6 Å². The van der Waals surface area contributed by atoms with Gasteiger partial charge in [0.1, 0.15) is 11.5 Å². The van der Waals surface area contributed by atoms with Gasteiger partial charge >= 0.3 is 12.0 Å². The number of anilines is 1. The Labute approximate surface area is 145 Å². The second-order valence-electron chi connectivity index (χ2n) is 5.67. The number of carbonyl (C=O) groups is 2. The minimum atomic E-state index is -0.768. The summed E-state index contributed by atoms with van der Waals surface area (Å²) in [7, 11) is 2.97. The number of ether oxygens (including phenoxy) is 2. The molecule has 2 rings (SSSR count). The van der Waals surface area contributed by atoms with Crippen LogP contribution in [0.1, 0.15) is 25.7 Å². The van der Waals surface area contributed by atoms with Crippen LogP contribution < -0.4 is 20.1 Å². The molecular weight excluding hydrogens is 336 g/mol. The van der Waals surface area contributed by atoms with Gasteiger partial charge < -0.3 is 25.2 Å². The van der Waals surface area contributed by atoms with Crippen LogP contribution in [0, 0.1) is 5.92 Å². The fraction of sp³-hybridized carbons (Fsp3) is 0.500. The van der Waals surface area contributed by atoms with Crippen molar-refractivity contribution in [2.24, 2.45) is 5.92 Å². The second-order valence-corrected chi connectivity index (χ2v) is 6.08. The summed E-state index contributed by atoms with van der Waals surface area (Å²) in [6.45, 7) is 0. The van der Waals surface area contributed by atoms with Crippen molar-refractivity contribution in [3.05, 3.63) is 17.2 Å². The van der Waals surface area contributed by atoms with Crippen LogP contribution in [0.25, 0.3) is 0 Å². The average molecular weight is 357 g/mol. The van der Waals surface area contributed by atoms with Crippen LogP contribution in [-0.2, 0) is 4.79 Å². The highest BCUT2D eigenvalue weighted by Gasteiger charge is 2.26. The number of carboxylic acids is 1. The molecule has 8 heteroatoms. The molecule has 1 aliphatic carbocycles. The predicted octanol–water partition coefficient (Wildman–Crippen LogP) is 3.12. The SMILES string of the molecule is COc1cc(NC(=O)NC2CCC(C(=O)O)CC2)c(OC)cc1Cl. The lowest BCUT2D eigenvalue weighted by atomic mass is 9.86. The van der Waals surface area contributed by atoms with E-state index in [0.717, 1.165) is 0 Å². The van der Waals surface area contributed by atoms with Gasteiger partial charge in [0.2, 0.25) is 0 Å². The zero-order valence-electron chi connectivity index (χ0n) is 13.6. The van der Waals surface area contributed by atoms with Crippen molar-refractivity contribution >= 4 is 29.3 Å². The van der Waals surface area contributed by atoms with Crippen LogP contribution in [0.5, 0.6) is 11.5 Å². The van der Waals surface area contributed by atoms with E-state index in [1.807, 2.05) is 0 Å². The molecule has 0 bridgehead atoms. The number of halogens is 1.